The summed E-state index contributed by atoms with van der Waals surface area (Å²) in [6.07, 6.45) is 1.88. The van der Waals surface area contributed by atoms with Crippen molar-refractivity contribution in [3.8, 4) is 0 Å². The van der Waals surface area contributed by atoms with Crippen molar-refractivity contribution in [1.82, 2.24) is 10.3 Å². The summed E-state index contributed by atoms with van der Waals surface area (Å²) in [5.41, 5.74) is 3.34. The number of nitrogens with zero attached hydrogens (tertiary/aromatic N) is 2. The van der Waals surface area contributed by atoms with Crippen LogP contribution in [0.4, 0.5) is 10.1 Å². The molecule has 5 nitrogen and oxygen atoms in total. The van der Waals surface area contributed by atoms with Crippen LogP contribution in [0.25, 0.3) is 0 Å². The van der Waals surface area contributed by atoms with Gasteiger partial charge in [0.1, 0.15) is 5.82 Å². The maximum Gasteiger partial charge on any atom is 0.258 e. The molecule has 0 aliphatic rings. The SMILES string of the molecule is O=C(Cc1ccc(N(Cc2cccc(F)c2)C(=O)c2ccc(Cl)cc2)cc1)NCc1ccccn1. The van der Waals surface area contributed by atoms with Gasteiger partial charge in [0.05, 0.1) is 25.2 Å². The van der Waals surface area contributed by atoms with E-state index in [-0.39, 0.29) is 30.6 Å². The normalized spacial score (nSPS) is 10.6. The number of halogens is 2. The van der Waals surface area contributed by atoms with Gasteiger partial charge in [0.15, 0.2) is 0 Å². The number of aromatic nitrogens is 1. The van der Waals surface area contributed by atoms with Crippen LogP contribution in [-0.4, -0.2) is 16.8 Å². The number of carbonyl (C=O) groups excluding carboxylic acids is 2. The Labute approximate surface area is 208 Å². The third-order valence-electron chi connectivity index (χ3n) is 5.37. The van der Waals surface area contributed by atoms with Crippen molar-refractivity contribution in [3.05, 3.63) is 130 Å². The third-order valence-corrected chi connectivity index (χ3v) is 5.62. The van der Waals surface area contributed by atoms with E-state index < -0.39 is 0 Å². The molecule has 0 radical (unpaired) electrons. The quantitative estimate of drug-likeness (QED) is 0.353. The molecule has 35 heavy (non-hydrogen) atoms. The monoisotopic (exact) mass is 487 g/mol. The summed E-state index contributed by atoms with van der Waals surface area (Å²) in [4.78, 5) is 31.5. The van der Waals surface area contributed by atoms with Gasteiger partial charge in [-0.15, -0.1) is 0 Å². The van der Waals surface area contributed by atoms with Gasteiger partial charge in [-0.2, -0.15) is 0 Å². The summed E-state index contributed by atoms with van der Waals surface area (Å²) in [7, 11) is 0. The van der Waals surface area contributed by atoms with E-state index in [4.69, 9.17) is 11.6 Å². The van der Waals surface area contributed by atoms with E-state index in [1.165, 1.54) is 12.1 Å². The zero-order chi connectivity index (χ0) is 24.6. The van der Waals surface area contributed by atoms with Crippen LogP contribution in [0.15, 0.2) is 97.2 Å². The topological polar surface area (TPSA) is 62.3 Å². The summed E-state index contributed by atoms with van der Waals surface area (Å²) in [6, 6.07) is 25.5. The number of carbonyl (C=O) groups is 2. The molecule has 1 N–H and O–H groups in total. The molecule has 0 aliphatic carbocycles. The minimum atomic E-state index is -0.367. The molecule has 2 amide bonds. The van der Waals surface area contributed by atoms with Gasteiger partial charge in [-0.25, -0.2) is 4.39 Å². The second kappa shape index (κ2) is 11.4. The van der Waals surface area contributed by atoms with Crippen LogP contribution >= 0.6 is 11.6 Å². The Kier molecular flexibility index (Phi) is 7.85. The second-order valence-corrected chi connectivity index (χ2v) is 8.41. The zero-order valence-corrected chi connectivity index (χ0v) is 19.6. The number of nitrogens with one attached hydrogen (secondary N) is 1. The molecular formula is C28H23ClFN3O2. The predicted octanol–water partition coefficient (Wildman–Crippen LogP) is 5.58. The van der Waals surface area contributed by atoms with E-state index in [9.17, 15) is 14.0 Å². The second-order valence-electron chi connectivity index (χ2n) is 7.97. The van der Waals surface area contributed by atoms with Crippen LogP contribution in [0, 0.1) is 5.82 Å². The Hall–Kier alpha value is -4.03. The molecule has 0 spiro atoms. The Morgan fingerprint density at radius 2 is 1.66 bits per heavy atom. The zero-order valence-electron chi connectivity index (χ0n) is 18.8. The van der Waals surface area contributed by atoms with Gasteiger partial charge in [-0.3, -0.25) is 14.6 Å². The molecule has 0 saturated carbocycles. The maximum atomic E-state index is 13.8. The van der Waals surface area contributed by atoms with Gasteiger partial charge in [-0.05, 0) is 71.8 Å². The Morgan fingerprint density at radius 3 is 2.34 bits per heavy atom. The number of hydrogen-bond donors (Lipinski definition) is 1. The van der Waals surface area contributed by atoms with Gasteiger partial charge in [0, 0.05) is 22.5 Å². The first-order valence-corrected chi connectivity index (χ1v) is 11.4. The first-order valence-electron chi connectivity index (χ1n) is 11.1. The molecule has 0 unspecified atom stereocenters. The summed E-state index contributed by atoms with van der Waals surface area (Å²) >= 11 is 5.97. The highest BCUT2D eigenvalue weighted by atomic mass is 35.5. The van der Waals surface area contributed by atoms with E-state index in [1.54, 1.807) is 59.6 Å². The van der Waals surface area contributed by atoms with Gasteiger partial charge < -0.3 is 10.2 Å². The highest BCUT2D eigenvalue weighted by Gasteiger charge is 2.19. The van der Waals surface area contributed by atoms with Gasteiger partial charge >= 0.3 is 0 Å². The molecule has 0 fully saturated rings. The minimum Gasteiger partial charge on any atom is -0.350 e. The number of rotatable bonds is 8. The molecule has 1 aromatic heterocycles. The fourth-order valence-electron chi connectivity index (χ4n) is 3.58. The molecule has 1 heterocycles. The number of hydrogen-bond acceptors (Lipinski definition) is 3. The summed E-state index contributed by atoms with van der Waals surface area (Å²) < 4.78 is 13.8. The number of pyridine rings is 1. The minimum absolute atomic E-state index is 0.128. The molecule has 0 saturated heterocycles. The number of amides is 2. The molecule has 7 heteroatoms. The highest BCUT2D eigenvalue weighted by Crippen LogP contribution is 2.22. The van der Waals surface area contributed by atoms with E-state index in [0.29, 0.717) is 28.4 Å². The lowest BCUT2D eigenvalue weighted by Crippen LogP contribution is -2.30. The first-order chi connectivity index (χ1) is 17.0. The molecule has 0 atom stereocenters. The maximum absolute atomic E-state index is 13.8. The lowest BCUT2D eigenvalue weighted by Gasteiger charge is -2.23. The molecule has 3 aromatic carbocycles. The van der Waals surface area contributed by atoms with Crippen LogP contribution in [0.1, 0.15) is 27.2 Å². The Balaban J connectivity index is 1.49. The molecule has 0 bridgehead atoms. The highest BCUT2D eigenvalue weighted by molar-refractivity contribution is 6.30. The predicted molar refractivity (Wildman–Crippen MR) is 135 cm³/mol. The van der Waals surface area contributed by atoms with Crippen LogP contribution < -0.4 is 10.2 Å². The summed E-state index contributed by atoms with van der Waals surface area (Å²) in [5.74, 6) is -0.738. The first kappa shape index (κ1) is 24.1. The van der Waals surface area contributed by atoms with Crippen molar-refractivity contribution in [2.45, 2.75) is 19.5 Å². The lowest BCUT2D eigenvalue weighted by atomic mass is 10.1. The van der Waals surface area contributed by atoms with Crippen LogP contribution in [-0.2, 0) is 24.3 Å². The van der Waals surface area contributed by atoms with Crippen molar-refractivity contribution >= 4 is 29.1 Å². The lowest BCUT2D eigenvalue weighted by molar-refractivity contribution is -0.120. The summed E-state index contributed by atoms with van der Waals surface area (Å²) in [6.45, 7) is 0.540. The van der Waals surface area contributed by atoms with E-state index in [2.05, 4.69) is 10.3 Å². The van der Waals surface area contributed by atoms with Crippen LogP contribution in [0.3, 0.4) is 0 Å². The average molecular weight is 488 g/mol. The molecule has 0 aliphatic heterocycles. The smallest absolute Gasteiger partial charge is 0.258 e. The van der Waals surface area contributed by atoms with Gasteiger partial charge in [0.2, 0.25) is 5.91 Å². The summed E-state index contributed by atoms with van der Waals surface area (Å²) in [5, 5.41) is 3.39. The van der Waals surface area contributed by atoms with Crippen molar-refractivity contribution in [1.29, 1.82) is 0 Å². The van der Waals surface area contributed by atoms with Gasteiger partial charge in [-0.1, -0.05) is 41.9 Å². The molecular weight excluding hydrogens is 465 g/mol. The van der Waals surface area contributed by atoms with Crippen molar-refractivity contribution in [3.63, 3.8) is 0 Å². The van der Waals surface area contributed by atoms with E-state index in [1.807, 2.05) is 30.3 Å². The largest absolute Gasteiger partial charge is 0.350 e. The standard InChI is InChI=1S/C28H23ClFN3O2/c29-23-11-9-22(10-12-23)28(35)33(19-21-4-3-5-24(30)16-21)26-13-7-20(8-14-26)17-27(34)32-18-25-6-1-2-15-31-25/h1-16H,17-19H2,(H,32,34). The van der Waals surface area contributed by atoms with Crippen LogP contribution in [0.2, 0.25) is 5.02 Å². The van der Waals surface area contributed by atoms with Crippen LogP contribution in [0.5, 0.6) is 0 Å². The molecule has 4 aromatic rings. The van der Waals surface area contributed by atoms with Gasteiger partial charge in [0.25, 0.3) is 5.91 Å². The third kappa shape index (κ3) is 6.74. The van der Waals surface area contributed by atoms with Crippen molar-refractivity contribution in [2.75, 3.05) is 4.90 Å². The Bertz CT molecular complexity index is 1300. The number of anilines is 1. The van der Waals surface area contributed by atoms with Crippen molar-refractivity contribution in [2.24, 2.45) is 0 Å². The average Bonchev–Trinajstić information content (AvgIpc) is 2.87. The molecule has 4 rings (SSSR count). The Morgan fingerprint density at radius 1 is 0.886 bits per heavy atom. The van der Waals surface area contributed by atoms with E-state index >= 15 is 0 Å². The molecule has 176 valence electrons. The number of benzene rings is 3. The fraction of sp³-hybridized carbons (Fsp3) is 0.107. The fourth-order valence-corrected chi connectivity index (χ4v) is 3.71. The van der Waals surface area contributed by atoms with Crippen molar-refractivity contribution < 1.29 is 14.0 Å². The van der Waals surface area contributed by atoms with E-state index in [0.717, 1.165) is 11.3 Å².